The molecule has 2 heterocycles. The van der Waals surface area contributed by atoms with Crippen LogP contribution in [0.5, 0.6) is 0 Å². The molecule has 1 saturated heterocycles. The molecule has 116 valence electrons. The van der Waals surface area contributed by atoms with Crippen molar-refractivity contribution in [3.63, 3.8) is 0 Å². The Kier molecular flexibility index (Phi) is 4.00. The monoisotopic (exact) mass is 304 g/mol. The highest BCUT2D eigenvalue weighted by Crippen LogP contribution is 2.49. The van der Waals surface area contributed by atoms with E-state index in [0.29, 0.717) is 5.92 Å². The maximum atomic E-state index is 6.39. The fraction of sp³-hybridized carbons (Fsp3) is 0.667. The number of thioether (sulfide) groups is 1. The standard InChI is InChI=1S/C18H28N2S/c1-14-10-15-6-4-5-7-16(15)20(11-14)18(12-19)13-21-9-8-17(18,2)3/h4-7,14H,8-13,19H2,1-3H3. The largest absolute Gasteiger partial charge is 0.363 e. The third kappa shape index (κ3) is 2.39. The number of benzene rings is 1. The van der Waals surface area contributed by atoms with Crippen molar-refractivity contribution in [2.75, 3.05) is 29.5 Å². The molecule has 1 fully saturated rings. The molecule has 0 aromatic heterocycles. The van der Waals surface area contributed by atoms with E-state index in [1.165, 1.54) is 29.8 Å². The molecule has 2 aliphatic heterocycles. The smallest absolute Gasteiger partial charge is 0.0665 e. The molecular formula is C18H28N2S. The second kappa shape index (κ2) is 5.51. The van der Waals surface area contributed by atoms with Gasteiger partial charge in [0.2, 0.25) is 0 Å². The van der Waals surface area contributed by atoms with Crippen molar-refractivity contribution in [3.8, 4) is 0 Å². The number of nitrogens with two attached hydrogens (primary N) is 1. The van der Waals surface area contributed by atoms with E-state index in [1.54, 1.807) is 0 Å². The second-order valence-electron chi connectivity index (χ2n) is 7.47. The lowest BCUT2D eigenvalue weighted by Gasteiger charge is -2.58. The third-order valence-electron chi connectivity index (χ3n) is 5.67. The Morgan fingerprint density at radius 1 is 1.33 bits per heavy atom. The number of rotatable bonds is 2. The summed E-state index contributed by atoms with van der Waals surface area (Å²) < 4.78 is 0. The molecule has 1 aromatic rings. The SMILES string of the molecule is CC1Cc2ccccc2N(C2(CN)CSCCC2(C)C)C1. The molecule has 2 N–H and O–H groups in total. The normalized spacial score (nSPS) is 31.8. The van der Waals surface area contributed by atoms with Crippen molar-refractivity contribution in [3.05, 3.63) is 29.8 Å². The van der Waals surface area contributed by atoms with E-state index in [-0.39, 0.29) is 11.0 Å². The van der Waals surface area contributed by atoms with Gasteiger partial charge in [0.15, 0.2) is 0 Å². The molecule has 21 heavy (non-hydrogen) atoms. The Morgan fingerprint density at radius 2 is 2.10 bits per heavy atom. The molecule has 0 spiro atoms. The van der Waals surface area contributed by atoms with Gasteiger partial charge >= 0.3 is 0 Å². The zero-order chi connectivity index (χ0) is 15.1. The van der Waals surface area contributed by atoms with Gasteiger partial charge in [-0.3, -0.25) is 0 Å². The molecule has 2 unspecified atom stereocenters. The summed E-state index contributed by atoms with van der Waals surface area (Å²) in [5.41, 5.74) is 9.66. The van der Waals surface area contributed by atoms with Gasteiger partial charge in [-0.2, -0.15) is 11.8 Å². The van der Waals surface area contributed by atoms with Crippen molar-refractivity contribution in [2.24, 2.45) is 17.1 Å². The molecule has 0 radical (unpaired) electrons. The van der Waals surface area contributed by atoms with Gasteiger partial charge in [0.05, 0.1) is 5.54 Å². The summed E-state index contributed by atoms with van der Waals surface area (Å²) in [6.07, 6.45) is 2.45. The van der Waals surface area contributed by atoms with Gasteiger partial charge < -0.3 is 10.6 Å². The van der Waals surface area contributed by atoms with E-state index in [1.807, 2.05) is 0 Å². The highest BCUT2D eigenvalue weighted by Gasteiger charge is 2.51. The quantitative estimate of drug-likeness (QED) is 0.906. The van der Waals surface area contributed by atoms with Crippen LogP contribution in [-0.2, 0) is 6.42 Å². The van der Waals surface area contributed by atoms with Crippen LogP contribution in [-0.4, -0.2) is 30.1 Å². The number of nitrogens with zero attached hydrogens (tertiary/aromatic N) is 1. The van der Waals surface area contributed by atoms with E-state index >= 15 is 0 Å². The van der Waals surface area contributed by atoms with E-state index in [4.69, 9.17) is 5.73 Å². The maximum Gasteiger partial charge on any atom is 0.0665 e. The first-order valence-corrected chi connectivity index (χ1v) is 9.29. The minimum atomic E-state index is 0.0840. The van der Waals surface area contributed by atoms with Crippen molar-refractivity contribution in [1.82, 2.24) is 0 Å². The lowest BCUT2D eigenvalue weighted by atomic mass is 9.68. The molecule has 0 aliphatic carbocycles. The average molecular weight is 305 g/mol. The van der Waals surface area contributed by atoms with Crippen LogP contribution in [0.15, 0.2) is 24.3 Å². The summed E-state index contributed by atoms with van der Waals surface area (Å²) in [6, 6.07) is 8.94. The summed E-state index contributed by atoms with van der Waals surface area (Å²) in [5.74, 6) is 3.11. The Hall–Kier alpha value is -0.670. The summed E-state index contributed by atoms with van der Waals surface area (Å²) in [7, 11) is 0. The van der Waals surface area contributed by atoms with E-state index in [0.717, 1.165) is 18.8 Å². The number of fused-ring (bicyclic) bond motifs is 1. The molecule has 1 aromatic carbocycles. The molecule has 2 nitrogen and oxygen atoms in total. The molecule has 3 rings (SSSR count). The van der Waals surface area contributed by atoms with Crippen LogP contribution < -0.4 is 10.6 Å². The predicted octanol–water partition coefficient (Wildman–Crippen LogP) is 3.55. The number of anilines is 1. The first-order valence-electron chi connectivity index (χ1n) is 8.13. The van der Waals surface area contributed by atoms with Gasteiger partial charge in [0, 0.05) is 24.5 Å². The van der Waals surface area contributed by atoms with Crippen LogP contribution in [0.25, 0.3) is 0 Å². The van der Waals surface area contributed by atoms with E-state index in [2.05, 4.69) is 61.7 Å². The first kappa shape index (κ1) is 15.2. The Labute approximate surface area is 133 Å². The Morgan fingerprint density at radius 3 is 2.81 bits per heavy atom. The lowest BCUT2D eigenvalue weighted by molar-refractivity contribution is 0.161. The fourth-order valence-corrected chi connectivity index (χ4v) is 5.89. The highest BCUT2D eigenvalue weighted by atomic mass is 32.2. The van der Waals surface area contributed by atoms with Crippen LogP contribution >= 0.6 is 11.8 Å². The van der Waals surface area contributed by atoms with Crippen molar-refractivity contribution in [1.29, 1.82) is 0 Å². The number of hydrogen-bond acceptors (Lipinski definition) is 3. The zero-order valence-corrected chi connectivity index (χ0v) is 14.4. The first-order chi connectivity index (χ1) is 10.00. The molecule has 0 amide bonds. The van der Waals surface area contributed by atoms with Crippen LogP contribution in [0, 0.1) is 11.3 Å². The second-order valence-corrected chi connectivity index (χ2v) is 8.58. The number of para-hydroxylation sites is 1. The summed E-state index contributed by atoms with van der Waals surface area (Å²) in [6.45, 7) is 9.09. The summed E-state index contributed by atoms with van der Waals surface area (Å²) in [5, 5.41) is 0. The molecule has 0 bridgehead atoms. The van der Waals surface area contributed by atoms with Crippen LogP contribution in [0.1, 0.15) is 32.8 Å². The van der Waals surface area contributed by atoms with Gasteiger partial charge in [-0.15, -0.1) is 0 Å². The van der Waals surface area contributed by atoms with Gasteiger partial charge in [-0.1, -0.05) is 39.0 Å². The Balaban J connectivity index is 2.09. The minimum absolute atomic E-state index is 0.0840. The summed E-state index contributed by atoms with van der Waals surface area (Å²) >= 11 is 2.08. The van der Waals surface area contributed by atoms with Gasteiger partial charge in [-0.25, -0.2) is 0 Å². The Bertz CT molecular complexity index is 514. The predicted molar refractivity (Wildman–Crippen MR) is 94.2 cm³/mol. The lowest BCUT2D eigenvalue weighted by Crippen LogP contribution is -2.67. The van der Waals surface area contributed by atoms with E-state index in [9.17, 15) is 0 Å². The maximum absolute atomic E-state index is 6.39. The van der Waals surface area contributed by atoms with Crippen molar-refractivity contribution < 1.29 is 0 Å². The molecule has 2 atom stereocenters. The van der Waals surface area contributed by atoms with Crippen LogP contribution in [0.3, 0.4) is 0 Å². The molecular weight excluding hydrogens is 276 g/mol. The molecule has 3 heteroatoms. The van der Waals surface area contributed by atoms with Gasteiger partial charge in [0.1, 0.15) is 0 Å². The van der Waals surface area contributed by atoms with E-state index < -0.39 is 0 Å². The zero-order valence-electron chi connectivity index (χ0n) is 13.6. The van der Waals surface area contributed by atoms with Crippen LogP contribution in [0.2, 0.25) is 0 Å². The molecule has 2 aliphatic rings. The third-order valence-corrected chi connectivity index (χ3v) is 6.85. The minimum Gasteiger partial charge on any atom is -0.363 e. The van der Waals surface area contributed by atoms with Crippen molar-refractivity contribution >= 4 is 17.4 Å². The van der Waals surface area contributed by atoms with Crippen LogP contribution in [0.4, 0.5) is 5.69 Å². The van der Waals surface area contributed by atoms with Gasteiger partial charge in [0.25, 0.3) is 0 Å². The topological polar surface area (TPSA) is 29.3 Å². The summed E-state index contributed by atoms with van der Waals surface area (Å²) in [4.78, 5) is 2.67. The average Bonchev–Trinajstić information content (AvgIpc) is 2.46. The fourth-order valence-electron chi connectivity index (χ4n) is 4.09. The van der Waals surface area contributed by atoms with Gasteiger partial charge in [-0.05, 0) is 41.6 Å². The molecule has 0 saturated carbocycles. The number of hydrogen-bond donors (Lipinski definition) is 1. The van der Waals surface area contributed by atoms with Crippen molar-refractivity contribution in [2.45, 2.75) is 39.2 Å². The highest BCUT2D eigenvalue weighted by molar-refractivity contribution is 7.99.